The normalized spacial score (nSPS) is 19.0. The van der Waals surface area contributed by atoms with Gasteiger partial charge in [0.1, 0.15) is 0 Å². The van der Waals surface area contributed by atoms with Gasteiger partial charge in [-0.2, -0.15) is 13.2 Å². The number of benzene rings is 1. The predicted octanol–water partition coefficient (Wildman–Crippen LogP) is 2.08. The lowest BCUT2D eigenvalue weighted by Crippen LogP contribution is -2.40. The average molecular weight is 288 g/mol. The number of alkyl halides is 3. The highest BCUT2D eigenvalue weighted by Gasteiger charge is 2.31. The van der Waals surface area contributed by atoms with Crippen molar-refractivity contribution in [2.75, 3.05) is 39.4 Å². The highest BCUT2D eigenvalue weighted by Crippen LogP contribution is 2.31. The fraction of sp³-hybridized carbons (Fsp3) is 0.571. The van der Waals surface area contributed by atoms with Crippen LogP contribution in [0.15, 0.2) is 24.3 Å². The van der Waals surface area contributed by atoms with Gasteiger partial charge in [0.2, 0.25) is 0 Å². The molecule has 2 rings (SSSR count). The molecule has 0 spiro atoms. The Bertz CT molecular complexity index is 431. The van der Waals surface area contributed by atoms with Crippen LogP contribution in [0.4, 0.5) is 13.2 Å². The van der Waals surface area contributed by atoms with E-state index in [1.807, 2.05) is 0 Å². The smallest absolute Gasteiger partial charge is 0.379 e. The molecule has 0 saturated carbocycles. The Labute approximate surface area is 116 Å². The molecule has 20 heavy (non-hydrogen) atoms. The molecule has 1 saturated heterocycles. The lowest BCUT2D eigenvalue weighted by molar-refractivity contribution is -0.137. The summed E-state index contributed by atoms with van der Waals surface area (Å²) in [5.74, 6) is -0.0876. The highest BCUT2D eigenvalue weighted by atomic mass is 19.4. The second-order valence-corrected chi connectivity index (χ2v) is 4.97. The average Bonchev–Trinajstić information content (AvgIpc) is 2.45. The molecule has 0 amide bonds. The van der Waals surface area contributed by atoms with Gasteiger partial charge in [-0.3, -0.25) is 4.90 Å². The number of nitrogens with zero attached hydrogens (tertiary/aromatic N) is 1. The van der Waals surface area contributed by atoms with Gasteiger partial charge >= 0.3 is 6.18 Å². The Morgan fingerprint density at radius 2 is 1.95 bits per heavy atom. The van der Waals surface area contributed by atoms with Gasteiger partial charge in [0.15, 0.2) is 0 Å². The summed E-state index contributed by atoms with van der Waals surface area (Å²) in [7, 11) is 0. The van der Waals surface area contributed by atoms with Crippen molar-refractivity contribution in [3.8, 4) is 0 Å². The van der Waals surface area contributed by atoms with Crippen molar-refractivity contribution >= 4 is 0 Å². The van der Waals surface area contributed by atoms with Crippen LogP contribution >= 0.6 is 0 Å². The zero-order valence-corrected chi connectivity index (χ0v) is 11.2. The van der Waals surface area contributed by atoms with E-state index < -0.39 is 11.7 Å². The monoisotopic (exact) mass is 288 g/mol. The van der Waals surface area contributed by atoms with Gasteiger partial charge in [-0.25, -0.2) is 0 Å². The number of ether oxygens (including phenoxy) is 1. The number of hydrogen-bond donors (Lipinski definition) is 1. The summed E-state index contributed by atoms with van der Waals surface area (Å²) in [5, 5.41) is 0. The molecular weight excluding hydrogens is 269 g/mol. The molecule has 1 aromatic rings. The molecule has 1 aromatic carbocycles. The van der Waals surface area contributed by atoms with Crippen molar-refractivity contribution in [3.05, 3.63) is 35.4 Å². The maximum atomic E-state index is 12.7. The van der Waals surface area contributed by atoms with E-state index in [0.29, 0.717) is 31.9 Å². The molecule has 0 aromatic heterocycles. The van der Waals surface area contributed by atoms with Crippen LogP contribution in [0.5, 0.6) is 0 Å². The maximum Gasteiger partial charge on any atom is 0.416 e. The minimum absolute atomic E-state index is 0.0876. The number of morpholine rings is 1. The van der Waals surface area contributed by atoms with Crippen LogP contribution in [0.2, 0.25) is 0 Å². The zero-order valence-electron chi connectivity index (χ0n) is 11.2. The third kappa shape index (κ3) is 3.94. The van der Waals surface area contributed by atoms with E-state index in [2.05, 4.69) is 4.90 Å². The molecule has 0 aliphatic carbocycles. The lowest BCUT2D eigenvalue weighted by Gasteiger charge is -2.30. The van der Waals surface area contributed by atoms with Crippen LogP contribution < -0.4 is 5.73 Å². The number of nitrogens with two attached hydrogens (primary N) is 1. The maximum absolute atomic E-state index is 12.7. The molecule has 3 nitrogen and oxygen atoms in total. The van der Waals surface area contributed by atoms with E-state index in [0.717, 1.165) is 19.2 Å². The summed E-state index contributed by atoms with van der Waals surface area (Å²) < 4.78 is 43.5. The van der Waals surface area contributed by atoms with E-state index in [4.69, 9.17) is 10.5 Å². The van der Waals surface area contributed by atoms with E-state index in [1.165, 1.54) is 12.1 Å². The first kappa shape index (κ1) is 15.3. The first-order valence-corrected chi connectivity index (χ1v) is 6.68. The number of hydrogen-bond acceptors (Lipinski definition) is 3. The molecule has 0 radical (unpaired) electrons. The summed E-state index contributed by atoms with van der Waals surface area (Å²) in [6.07, 6.45) is -4.31. The molecule has 0 bridgehead atoms. The third-order valence-electron chi connectivity index (χ3n) is 3.55. The molecule has 2 N–H and O–H groups in total. The molecule has 112 valence electrons. The fourth-order valence-electron chi connectivity index (χ4n) is 2.38. The second-order valence-electron chi connectivity index (χ2n) is 4.97. The highest BCUT2D eigenvalue weighted by molar-refractivity contribution is 5.28. The van der Waals surface area contributed by atoms with Gasteiger partial charge < -0.3 is 10.5 Å². The fourth-order valence-corrected chi connectivity index (χ4v) is 2.38. The van der Waals surface area contributed by atoms with Crippen LogP contribution in [-0.4, -0.2) is 44.3 Å². The standard InChI is InChI=1S/C14H19F3N2O/c15-14(16,17)13-3-1-2-11(8-13)12(9-18)10-19-4-6-20-7-5-19/h1-3,8,12H,4-7,9-10,18H2. The topological polar surface area (TPSA) is 38.5 Å². The Hall–Kier alpha value is -1.11. The number of rotatable bonds is 4. The Morgan fingerprint density at radius 3 is 2.55 bits per heavy atom. The van der Waals surface area contributed by atoms with Crippen molar-refractivity contribution in [2.24, 2.45) is 5.73 Å². The van der Waals surface area contributed by atoms with Crippen molar-refractivity contribution in [1.82, 2.24) is 4.90 Å². The van der Waals surface area contributed by atoms with Gasteiger partial charge in [0.05, 0.1) is 18.8 Å². The van der Waals surface area contributed by atoms with Gasteiger partial charge in [0.25, 0.3) is 0 Å². The summed E-state index contributed by atoms with van der Waals surface area (Å²) in [6, 6.07) is 5.46. The van der Waals surface area contributed by atoms with Crippen molar-refractivity contribution < 1.29 is 17.9 Å². The van der Waals surface area contributed by atoms with Gasteiger partial charge in [-0.05, 0) is 11.6 Å². The van der Waals surface area contributed by atoms with Crippen molar-refractivity contribution in [2.45, 2.75) is 12.1 Å². The molecular formula is C14H19F3N2O. The first-order valence-electron chi connectivity index (χ1n) is 6.68. The SMILES string of the molecule is NCC(CN1CCOCC1)c1cccc(C(F)(F)F)c1. The second kappa shape index (κ2) is 6.56. The Balaban J connectivity index is 2.10. The quantitative estimate of drug-likeness (QED) is 0.922. The summed E-state index contributed by atoms with van der Waals surface area (Å²) in [5.41, 5.74) is 5.77. The summed E-state index contributed by atoms with van der Waals surface area (Å²) >= 11 is 0. The van der Waals surface area contributed by atoms with Gasteiger partial charge in [-0.1, -0.05) is 18.2 Å². The minimum atomic E-state index is -4.31. The van der Waals surface area contributed by atoms with E-state index in [-0.39, 0.29) is 5.92 Å². The van der Waals surface area contributed by atoms with Gasteiger partial charge in [0, 0.05) is 32.1 Å². The van der Waals surface area contributed by atoms with Crippen molar-refractivity contribution in [3.63, 3.8) is 0 Å². The molecule has 1 fully saturated rings. The van der Waals surface area contributed by atoms with Crippen molar-refractivity contribution in [1.29, 1.82) is 0 Å². The Morgan fingerprint density at radius 1 is 1.25 bits per heavy atom. The molecule has 1 atom stereocenters. The predicted molar refractivity (Wildman–Crippen MR) is 70.5 cm³/mol. The van der Waals surface area contributed by atoms with Gasteiger partial charge in [-0.15, -0.1) is 0 Å². The largest absolute Gasteiger partial charge is 0.416 e. The molecule has 6 heteroatoms. The lowest BCUT2D eigenvalue weighted by atomic mass is 9.96. The van der Waals surface area contributed by atoms with E-state index in [9.17, 15) is 13.2 Å². The zero-order chi connectivity index (χ0) is 14.6. The Kier molecular flexibility index (Phi) is 5.01. The summed E-state index contributed by atoms with van der Waals surface area (Å²) in [4.78, 5) is 2.18. The molecule has 1 heterocycles. The van der Waals surface area contributed by atoms with E-state index in [1.54, 1.807) is 6.07 Å². The van der Waals surface area contributed by atoms with Crippen LogP contribution in [-0.2, 0) is 10.9 Å². The first-order chi connectivity index (χ1) is 9.50. The van der Waals surface area contributed by atoms with Crippen LogP contribution in [0, 0.1) is 0 Å². The minimum Gasteiger partial charge on any atom is -0.379 e. The van der Waals surface area contributed by atoms with Crippen LogP contribution in [0.3, 0.4) is 0 Å². The number of halogens is 3. The van der Waals surface area contributed by atoms with E-state index >= 15 is 0 Å². The third-order valence-corrected chi connectivity index (χ3v) is 3.55. The molecule has 1 aliphatic rings. The molecule has 1 unspecified atom stereocenters. The van der Waals surface area contributed by atoms with Crippen LogP contribution in [0.1, 0.15) is 17.0 Å². The summed E-state index contributed by atoms with van der Waals surface area (Å²) in [6.45, 7) is 3.94. The van der Waals surface area contributed by atoms with Crippen LogP contribution in [0.25, 0.3) is 0 Å². The molecule has 1 aliphatic heterocycles.